The first kappa shape index (κ1) is 10.2. The number of aromatic amines is 1. The number of H-pyrrole nitrogens is 1. The molecule has 4 heteroatoms. The van der Waals surface area contributed by atoms with Crippen LogP contribution in [0.15, 0.2) is 41.2 Å². The molecule has 3 rings (SSSR count). The highest BCUT2D eigenvalue weighted by Crippen LogP contribution is 2.27. The predicted molar refractivity (Wildman–Crippen MR) is 70.4 cm³/mol. The molecule has 0 saturated heterocycles. The van der Waals surface area contributed by atoms with E-state index in [-0.39, 0.29) is 5.56 Å². The Hall–Kier alpha value is -1.94. The normalized spacial score (nSPS) is 10.9. The molecule has 0 unspecified atom stereocenters. The van der Waals surface area contributed by atoms with Crippen molar-refractivity contribution in [3.8, 4) is 11.1 Å². The second kappa shape index (κ2) is 3.82. The van der Waals surface area contributed by atoms with Gasteiger partial charge < -0.3 is 0 Å². The van der Waals surface area contributed by atoms with Crippen LogP contribution in [0, 0.1) is 6.92 Å². The largest absolute Gasteiger partial charge is 0.275 e. The van der Waals surface area contributed by atoms with Crippen molar-refractivity contribution in [2.24, 2.45) is 0 Å². The van der Waals surface area contributed by atoms with Gasteiger partial charge in [0.25, 0.3) is 5.56 Å². The Morgan fingerprint density at radius 3 is 2.76 bits per heavy atom. The van der Waals surface area contributed by atoms with Gasteiger partial charge in [0, 0.05) is 5.69 Å². The van der Waals surface area contributed by atoms with Crippen LogP contribution in [0.1, 0.15) is 5.69 Å². The lowest BCUT2D eigenvalue weighted by Gasteiger charge is -2.03. The van der Waals surface area contributed by atoms with Crippen LogP contribution < -0.4 is 5.56 Å². The molecule has 1 aromatic carbocycles. The summed E-state index contributed by atoms with van der Waals surface area (Å²) < 4.78 is 2.74. The molecule has 0 aliphatic rings. The van der Waals surface area contributed by atoms with Crippen LogP contribution in [-0.2, 0) is 0 Å². The summed E-state index contributed by atoms with van der Waals surface area (Å²) in [4.78, 5) is 16.9. The van der Waals surface area contributed by atoms with Crippen molar-refractivity contribution in [2.75, 3.05) is 0 Å². The zero-order chi connectivity index (χ0) is 11.8. The fourth-order valence-corrected chi connectivity index (χ4v) is 2.71. The summed E-state index contributed by atoms with van der Waals surface area (Å²) in [5.41, 5.74) is 2.87. The molecule has 0 aliphatic carbocycles. The average Bonchev–Trinajstić information content (AvgIpc) is 2.71. The Morgan fingerprint density at radius 1 is 1.24 bits per heavy atom. The number of nitrogens with zero attached hydrogens (tertiary/aromatic N) is 1. The monoisotopic (exact) mass is 242 g/mol. The molecule has 0 atom stereocenters. The number of nitrogens with one attached hydrogen (secondary N) is 1. The number of hydrogen-bond donors (Lipinski definition) is 1. The number of benzene rings is 1. The van der Waals surface area contributed by atoms with Crippen molar-refractivity contribution in [3.05, 3.63) is 52.4 Å². The summed E-state index contributed by atoms with van der Waals surface area (Å²) in [5, 5.41) is 0.687. The lowest BCUT2D eigenvalue weighted by molar-refractivity contribution is 1.27. The third kappa shape index (κ3) is 1.66. The summed E-state index contributed by atoms with van der Waals surface area (Å²) in [6.07, 6.45) is 0. The van der Waals surface area contributed by atoms with Crippen molar-refractivity contribution in [3.63, 3.8) is 0 Å². The third-order valence-electron chi connectivity index (χ3n) is 2.67. The molecule has 0 bridgehead atoms. The minimum atomic E-state index is -0.0589. The van der Waals surface area contributed by atoms with E-state index in [1.54, 1.807) is 0 Å². The van der Waals surface area contributed by atoms with Crippen LogP contribution in [0.3, 0.4) is 0 Å². The maximum absolute atomic E-state index is 11.8. The van der Waals surface area contributed by atoms with E-state index < -0.39 is 0 Å². The van der Waals surface area contributed by atoms with E-state index in [9.17, 15) is 4.79 Å². The predicted octanol–water partition coefficient (Wildman–Crippen LogP) is 2.96. The van der Waals surface area contributed by atoms with Gasteiger partial charge in [-0.15, -0.1) is 0 Å². The van der Waals surface area contributed by atoms with Gasteiger partial charge in [0.05, 0.1) is 5.39 Å². The Balaban J connectivity index is 2.43. The number of pyridine rings is 1. The van der Waals surface area contributed by atoms with E-state index in [1.807, 2.05) is 43.3 Å². The summed E-state index contributed by atoms with van der Waals surface area (Å²) in [6, 6.07) is 11.9. The van der Waals surface area contributed by atoms with Crippen molar-refractivity contribution in [2.45, 2.75) is 6.92 Å². The number of rotatable bonds is 1. The molecule has 17 heavy (non-hydrogen) atoms. The molecule has 0 radical (unpaired) electrons. The van der Waals surface area contributed by atoms with Gasteiger partial charge in [-0.1, -0.05) is 30.3 Å². The van der Waals surface area contributed by atoms with E-state index in [0.29, 0.717) is 5.39 Å². The fourth-order valence-electron chi connectivity index (χ4n) is 1.93. The first-order valence-corrected chi connectivity index (χ1v) is 6.11. The van der Waals surface area contributed by atoms with Gasteiger partial charge in [0.2, 0.25) is 0 Å². The summed E-state index contributed by atoms with van der Waals surface area (Å²) >= 11 is 1.29. The van der Waals surface area contributed by atoms with Crippen LogP contribution in [0.2, 0.25) is 0 Å². The van der Waals surface area contributed by atoms with E-state index in [2.05, 4.69) is 9.36 Å². The average molecular weight is 242 g/mol. The van der Waals surface area contributed by atoms with Gasteiger partial charge in [-0.2, -0.15) is 0 Å². The van der Waals surface area contributed by atoms with Crippen molar-refractivity contribution in [1.29, 1.82) is 0 Å². The SMILES string of the molecule is Cc1cc(-c2ccccc2)c2c(=O)[nH]sc2n1. The van der Waals surface area contributed by atoms with Crippen molar-refractivity contribution < 1.29 is 0 Å². The second-order valence-corrected chi connectivity index (χ2v) is 4.69. The zero-order valence-electron chi connectivity index (χ0n) is 9.23. The molecule has 3 nitrogen and oxygen atoms in total. The van der Waals surface area contributed by atoms with Crippen molar-refractivity contribution in [1.82, 2.24) is 9.36 Å². The standard InChI is InChI=1S/C13H10N2OS/c1-8-7-10(9-5-3-2-4-6-9)11-12(16)15-17-13(11)14-8/h2-7H,1H3,(H,15,16). The lowest BCUT2D eigenvalue weighted by atomic mass is 10.0. The molecule has 0 aliphatic heterocycles. The van der Waals surface area contributed by atoms with Gasteiger partial charge in [-0.3, -0.25) is 9.17 Å². The summed E-state index contributed by atoms with van der Waals surface area (Å²) in [6.45, 7) is 1.94. The zero-order valence-corrected chi connectivity index (χ0v) is 10.0. The van der Waals surface area contributed by atoms with E-state index in [0.717, 1.165) is 21.7 Å². The first-order chi connectivity index (χ1) is 8.25. The molecule has 2 aromatic heterocycles. The van der Waals surface area contributed by atoms with Gasteiger partial charge in [0.1, 0.15) is 4.83 Å². The van der Waals surface area contributed by atoms with Gasteiger partial charge in [-0.25, -0.2) is 4.98 Å². The Morgan fingerprint density at radius 2 is 2.00 bits per heavy atom. The van der Waals surface area contributed by atoms with Crippen LogP contribution >= 0.6 is 11.5 Å². The smallest absolute Gasteiger partial charge is 0.268 e. The number of hydrogen-bond acceptors (Lipinski definition) is 3. The van der Waals surface area contributed by atoms with Crippen molar-refractivity contribution >= 4 is 21.7 Å². The summed E-state index contributed by atoms with van der Waals surface area (Å²) in [7, 11) is 0. The minimum absolute atomic E-state index is 0.0589. The van der Waals surface area contributed by atoms with Crippen LogP contribution in [0.5, 0.6) is 0 Å². The molecule has 0 saturated carbocycles. The maximum Gasteiger partial charge on any atom is 0.268 e. The highest BCUT2D eigenvalue weighted by atomic mass is 32.1. The second-order valence-electron chi connectivity index (χ2n) is 3.89. The molecule has 1 N–H and O–H groups in total. The molecule has 2 heterocycles. The number of aromatic nitrogens is 2. The van der Waals surface area contributed by atoms with Crippen LogP contribution in [0.4, 0.5) is 0 Å². The molecular weight excluding hydrogens is 232 g/mol. The molecule has 0 fully saturated rings. The Labute approximate surface area is 102 Å². The molecule has 0 spiro atoms. The van der Waals surface area contributed by atoms with Crippen LogP contribution in [-0.4, -0.2) is 9.36 Å². The third-order valence-corrected chi connectivity index (χ3v) is 3.44. The van der Waals surface area contributed by atoms with Gasteiger partial charge in [0.15, 0.2) is 0 Å². The van der Waals surface area contributed by atoms with E-state index in [1.165, 1.54) is 11.5 Å². The van der Waals surface area contributed by atoms with E-state index in [4.69, 9.17) is 0 Å². The van der Waals surface area contributed by atoms with E-state index >= 15 is 0 Å². The topological polar surface area (TPSA) is 45.8 Å². The lowest BCUT2D eigenvalue weighted by Crippen LogP contribution is -1.99. The quantitative estimate of drug-likeness (QED) is 0.713. The minimum Gasteiger partial charge on any atom is -0.275 e. The molecule has 0 amide bonds. The van der Waals surface area contributed by atoms with Gasteiger partial charge in [-0.05, 0) is 35.6 Å². The molecular formula is C13H10N2OS. The highest BCUT2D eigenvalue weighted by Gasteiger charge is 2.11. The van der Waals surface area contributed by atoms with Gasteiger partial charge >= 0.3 is 0 Å². The first-order valence-electron chi connectivity index (χ1n) is 5.30. The Kier molecular flexibility index (Phi) is 2.30. The fraction of sp³-hybridized carbons (Fsp3) is 0.0769. The Bertz CT molecular complexity index is 728. The number of aryl methyl sites for hydroxylation is 1. The summed E-state index contributed by atoms with van der Waals surface area (Å²) in [5.74, 6) is 0. The van der Waals surface area contributed by atoms with Crippen LogP contribution in [0.25, 0.3) is 21.3 Å². The number of fused-ring (bicyclic) bond motifs is 1. The highest BCUT2D eigenvalue weighted by molar-refractivity contribution is 7.12. The maximum atomic E-state index is 11.8. The molecule has 3 aromatic rings. The molecule has 84 valence electrons.